The minimum atomic E-state index is -0.479. The van der Waals surface area contributed by atoms with Crippen LogP contribution in [0.5, 0.6) is 0 Å². The fourth-order valence-corrected chi connectivity index (χ4v) is 1.81. The molecule has 3 nitrogen and oxygen atoms in total. The van der Waals surface area contributed by atoms with Gasteiger partial charge in [0.2, 0.25) is 0 Å². The molecule has 0 amide bonds. The number of aliphatic hydroxyl groups is 2. The lowest BCUT2D eigenvalue weighted by molar-refractivity contribution is 0.172. The molecule has 0 aromatic carbocycles. The fourth-order valence-electron chi connectivity index (χ4n) is 1.30. The van der Waals surface area contributed by atoms with Crippen molar-refractivity contribution in [3.05, 3.63) is 0 Å². The van der Waals surface area contributed by atoms with E-state index in [1.807, 2.05) is 22.6 Å². The van der Waals surface area contributed by atoms with Crippen LogP contribution in [-0.4, -0.2) is 26.6 Å². The number of alkyl halides is 1. The Hall–Kier alpha value is 0.610. The van der Waals surface area contributed by atoms with Crippen LogP contribution in [0.1, 0.15) is 19.3 Å². The third-order valence-electron chi connectivity index (χ3n) is 1.78. The van der Waals surface area contributed by atoms with Gasteiger partial charge in [-0.3, -0.25) is 5.32 Å². The van der Waals surface area contributed by atoms with Crippen molar-refractivity contribution >= 4 is 22.6 Å². The summed E-state index contributed by atoms with van der Waals surface area (Å²) in [6, 6.07) is 0.307. The molecule has 1 saturated carbocycles. The molecule has 4 heteroatoms. The van der Waals surface area contributed by atoms with Gasteiger partial charge in [0.15, 0.2) is 4.23 Å². The van der Waals surface area contributed by atoms with Gasteiger partial charge in [0.05, 0.1) is 6.10 Å². The number of aliphatic hydroxyl groups excluding tert-OH is 2. The highest BCUT2D eigenvalue weighted by Crippen LogP contribution is 2.19. The molecule has 1 aliphatic carbocycles. The first kappa shape index (κ1) is 8.70. The first-order chi connectivity index (χ1) is 4.68. The Kier molecular flexibility index (Phi) is 3.35. The Morgan fingerprint density at radius 2 is 2.20 bits per heavy atom. The van der Waals surface area contributed by atoms with Crippen LogP contribution in [0.25, 0.3) is 0 Å². The van der Waals surface area contributed by atoms with Gasteiger partial charge in [-0.15, -0.1) is 0 Å². The van der Waals surface area contributed by atoms with Crippen molar-refractivity contribution in [2.45, 2.75) is 35.6 Å². The van der Waals surface area contributed by atoms with Crippen LogP contribution in [0.15, 0.2) is 0 Å². The van der Waals surface area contributed by atoms with Gasteiger partial charge in [-0.25, -0.2) is 0 Å². The highest BCUT2D eigenvalue weighted by Gasteiger charge is 2.23. The molecule has 0 spiro atoms. The SMILES string of the molecule is OC1CCC(NC(O)I)C1. The summed E-state index contributed by atoms with van der Waals surface area (Å²) < 4.78 is -0.479. The van der Waals surface area contributed by atoms with Crippen LogP contribution < -0.4 is 5.32 Å². The molecule has 0 aromatic rings. The minimum Gasteiger partial charge on any atom is -0.393 e. The second-order valence-electron chi connectivity index (χ2n) is 2.67. The molecule has 60 valence electrons. The summed E-state index contributed by atoms with van der Waals surface area (Å²) in [5.74, 6) is 0. The van der Waals surface area contributed by atoms with Crippen LogP contribution in [0.3, 0.4) is 0 Å². The van der Waals surface area contributed by atoms with E-state index in [0.717, 1.165) is 19.3 Å². The molecule has 3 unspecified atom stereocenters. The largest absolute Gasteiger partial charge is 0.393 e. The normalized spacial score (nSPS) is 36.3. The molecule has 0 saturated heterocycles. The van der Waals surface area contributed by atoms with Gasteiger partial charge in [0, 0.05) is 6.04 Å². The summed E-state index contributed by atoms with van der Waals surface area (Å²) in [7, 11) is 0. The summed E-state index contributed by atoms with van der Waals surface area (Å²) in [5.41, 5.74) is 0. The number of halogens is 1. The van der Waals surface area contributed by atoms with Gasteiger partial charge in [0.25, 0.3) is 0 Å². The average Bonchev–Trinajstić information content (AvgIpc) is 2.13. The van der Waals surface area contributed by atoms with Gasteiger partial charge in [-0.05, 0) is 41.9 Å². The molecular formula is C6H12INO2. The highest BCUT2D eigenvalue weighted by atomic mass is 127. The maximum atomic E-state index is 9.09. The fraction of sp³-hybridized carbons (Fsp3) is 1.00. The molecule has 0 heterocycles. The van der Waals surface area contributed by atoms with Gasteiger partial charge in [-0.2, -0.15) is 0 Å². The summed E-state index contributed by atoms with van der Waals surface area (Å²) >= 11 is 1.90. The monoisotopic (exact) mass is 257 g/mol. The van der Waals surface area contributed by atoms with Gasteiger partial charge >= 0.3 is 0 Å². The van der Waals surface area contributed by atoms with Crippen LogP contribution in [0, 0.1) is 0 Å². The Morgan fingerprint density at radius 3 is 2.60 bits per heavy atom. The van der Waals surface area contributed by atoms with Crippen LogP contribution >= 0.6 is 22.6 Å². The smallest absolute Gasteiger partial charge is 0.157 e. The van der Waals surface area contributed by atoms with Gasteiger partial charge < -0.3 is 10.2 Å². The molecule has 0 aromatic heterocycles. The predicted molar refractivity (Wildman–Crippen MR) is 46.8 cm³/mol. The van der Waals surface area contributed by atoms with Crippen molar-refractivity contribution in [3.63, 3.8) is 0 Å². The summed E-state index contributed by atoms with van der Waals surface area (Å²) in [4.78, 5) is 0. The molecule has 3 N–H and O–H groups in total. The van der Waals surface area contributed by atoms with Crippen molar-refractivity contribution in [1.82, 2.24) is 5.32 Å². The molecule has 10 heavy (non-hydrogen) atoms. The Labute approximate surface area is 74.0 Å². The zero-order valence-electron chi connectivity index (χ0n) is 5.63. The lowest BCUT2D eigenvalue weighted by atomic mass is 10.2. The molecule has 0 radical (unpaired) electrons. The topological polar surface area (TPSA) is 52.5 Å². The molecule has 0 bridgehead atoms. The number of nitrogens with one attached hydrogen (secondary N) is 1. The van der Waals surface area contributed by atoms with E-state index in [9.17, 15) is 0 Å². The third kappa shape index (κ3) is 2.69. The van der Waals surface area contributed by atoms with Gasteiger partial charge in [-0.1, -0.05) is 0 Å². The van der Waals surface area contributed by atoms with Crippen LogP contribution in [-0.2, 0) is 0 Å². The second kappa shape index (κ2) is 3.85. The Bertz CT molecular complexity index is 110. The van der Waals surface area contributed by atoms with E-state index in [0.29, 0.717) is 6.04 Å². The number of hydrogen-bond donors (Lipinski definition) is 3. The third-order valence-corrected chi connectivity index (χ3v) is 2.14. The van der Waals surface area contributed by atoms with Crippen molar-refractivity contribution in [1.29, 1.82) is 0 Å². The zero-order valence-corrected chi connectivity index (χ0v) is 7.78. The summed E-state index contributed by atoms with van der Waals surface area (Å²) in [6.07, 6.45) is 2.45. The lowest BCUT2D eigenvalue weighted by Crippen LogP contribution is -2.32. The maximum Gasteiger partial charge on any atom is 0.157 e. The van der Waals surface area contributed by atoms with Gasteiger partial charge in [0.1, 0.15) is 0 Å². The predicted octanol–water partition coefficient (Wildman–Crippen LogP) is 0.200. The highest BCUT2D eigenvalue weighted by molar-refractivity contribution is 14.1. The molecule has 0 aliphatic heterocycles. The standard InChI is InChI=1S/C6H12INO2/c7-6(10)8-4-1-2-5(9)3-4/h4-6,8-10H,1-3H2. The van der Waals surface area contributed by atoms with Crippen molar-refractivity contribution in [3.8, 4) is 0 Å². The first-order valence-corrected chi connectivity index (χ1v) is 4.69. The van der Waals surface area contributed by atoms with Crippen LogP contribution in [0.4, 0.5) is 0 Å². The minimum absolute atomic E-state index is 0.160. The van der Waals surface area contributed by atoms with E-state index < -0.39 is 4.23 Å². The zero-order chi connectivity index (χ0) is 7.56. The van der Waals surface area contributed by atoms with E-state index in [1.165, 1.54) is 0 Å². The second-order valence-corrected chi connectivity index (χ2v) is 3.85. The van der Waals surface area contributed by atoms with E-state index in [2.05, 4.69) is 5.32 Å². The molecule has 3 atom stereocenters. The summed E-state index contributed by atoms with van der Waals surface area (Å²) in [6.45, 7) is 0. The van der Waals surface area contributed by atoms with Crippen molar-refractivity contribution < 1.29 is 10.2 Å². The molecule has 1 aliphatic rings. The van der Waals surface area contributed by atoms with Crippen molar-refractivity contribution in [2.24, 2.45) is 0 Å². The number of hydrogen-bond acceptors (Lipinski definition) is 3. The summed E-state index contributed by atoms with van der Waals surface area (Å²) in [5, 5.41) is 20.9. The molecule has 1 rings (SSSR count). The maximum absolute atomic E-state index is 9.09. The van der Waals surface area contributed by atoms with E-state index in [1.54, 1.807) is 0 Å². The van der Waals surface area contributed by atoms with E-state index in [-0.39, 0.29) is 6.10 Å². The van der Waals surface area contributed by atoms with E-state index in [4.69, 9.17) is 10.2 Å². The van der Waals surface area contributed by atoms with Crippen LogP contribution in [0.2, 0.25) is 0 Å². The Balaban J connectivity index is 2.18. The molecular weight excluding hydrogens is 245 g/mol. The first-order valence-electron chi connectivity index (χ1n) is 3.44. The quantitative estimate of drug-likeness (QED) is 0.287. The van der Waals surface area contributed by atoms with Crippen molar-refractivity contribution in [2.75, 3.05) is 0 Å². The molecule has 1 fully saturated rings. The number of rotatable bonds is 2. The van der Waals surface area contributed by atoms with E-state index >= 15 is 0 Å². The average molecular weight is 257 g/mol. The Morgan fingerprint density at radius 1 is 1.50 bits per heavy atom. The lowest BCUT2D eigenvalue weighted by Gasteiger charge is -2.12.